The van der Waals surface area contributed by atoms with Gasteiger partial charge >= 0.3 is 0 Å². The molecule has 2 aromatic rings. The molecule has 0 aromatic heterocycles. The molecule has 3 N–H and O–H groups in total. The fourth-order valence-corrected chi connectivity index (χ4v) is 3.97. The molecule has 1 heterocycles. The topological polar surface area (TPSA) is 57.0 Å². The van der Waals surface area contributed by atoms with Crippen LogP contribution < -0.4 is 15.1 Å². The second-order valence-corrected chi connectivity index (χ2v) is 8.31. The summed E-state index contributed by atoms with van der Waals surface area (Å²) in [5, 5.41) is 12.7. The van der Waals surface area contributed by atoms with E-state index in [1.807, 2.05) is 12.1 Å². The van der Waals surface area contributed by atoms with Crippen LogP contribution in [0.1, 0.15) is 37.9 Å². The molecule has 0 unspecified atom stereocenters. The molecule has 0 spiro atoms. The number of hydrogen-bond donors (Lipinski definition) is 3. The number of hydrogen-bond acceptors (Lipinski definition) is 3. The Hall–Kier alpha value is -2.53. The van der Waals surface area contributed by atoms with E-state index in [2.05, 4.69) is 55.3 Å². The lowest BCUT2D eigenvalue weighted by atomic mass is 9.95. The van der Waals surface area contributed by atoms with Crippen LogP contribution in [-0.4, -0.2) is 43.7 Å². The number of amides is 1. The number of anilines is 1. The monoisotopic (exact) mass is 396 g/mol. The number of aromatic hydroxyl groups is 1. The van der Waals surface area contributed by atoms with Crippen molar-refractivity contribution in [2.45, 2.75) is 33.2 Å². The average molecular weight is 397 g/mol. The van der Waals surface area contributed by atoms with Gasteiger partial charge in [-0.25, -0.2) is 0 Å². The van der Waals surface area contributed by atoms with Crippen molar-refractivity contribution in [1.82, 2.24) is 5.32 Å². The van der Waals surface area contributed by atoms with Gasteiger partial charge in [-0.2, -0.15) is 0 Å². The molecule has 1 aliphatic heterocycles. The summed E-state index contributed by atoms with van der Waals surface area (Å²) in [7, 11) is 0. The molecule has 29 heavy (non-hydrogen) atoms. The third kappa shape index (κ3) is 5.73. The molecule has 1 saturated heterocycles. The van der Waals surface area contributed by atoms with Gasteiger partial charge in [-0.15, -0.1) is 0 Å². The molecule has 1 amide bonds. The Bertz CT molecular complexity index is 779. The number of rotatable bonds is 7. The molecule has 1 atom stereocenters. The van der Waals surface area contributed by atoms with Gasteiger partial charge in [0.15, 0.2) is 6.54 Å². The molecule has 0 saturated carbocycles. The zero-order valence-corrected chi connectivity index (χ0v) is 17.8. The van der Waals surface area contributed by atoms with Crippen molar-refractivity contribution < 1.29 is 14.8 Å². The minimum absolute atomic E-state index is 0.0473. The van der Waals surface area contributed by atoms with Gasteiger partial charge in [0.1, 0.15) is 5.75 Å². The zero-order valence-electron chi connectivity index (χ0n) is 17.8. The normalized spacial score (nSPS) is 16.1. The largest absolute Gasteiger partial charge is 0.508 e. The zero-order chi connectivity index (χ0) is 20.8. The minimum atomic E-state index is 0.0473. The molecule has 0 aliphatic carbocycles. The summed E-state index contributed by atoms with van der Waals surface area (Å²) in [5.41, 5.74) is 3.62. The number of carbonyl (C=O) groups is 1. The van der Waals surface area contributed by atoms with Crippen LogP contribution in [0.15, 0.2) is 48.5 Å². The van der Waals surface area contributed by atoms with E-state index in [1.54, 1.807) is 12.1 Å². The highest BCUT2D eigenvalue weighted by Crippen LogP contribution is 2.22. The Morgan fingerprint density at radius 3 is 2.24 bits per heavy atom. The molecule has 2 aromatic carbocycles. The third-order valence-electron chi connectivity index (χ3n) is 5.83. The first-order valence-corrected chi connectivity index (χ1v) is 10.7. The quantitative estimate of drug-likeness (QED) is 0.672. The first kappa shape index (κ1) is 21.2. The lowest BCUT2D eigenvalue weighted by Crippen LogP contribution is -3.16. The van der Waals surface area contributed by atoms with Crippen molar-refractivity contribution in [3.05, 3.63) is 59.7 Å². The molecule has 1 fully saturated rings. The van der Waals surface area contributed by atoms with Crippen LogP contribution >= 0.6 is 0 Å². The third-order valence-corrected chi connectivity index (χ3v) is 5.83. The number of nitrogens with zero attached hydrogens (tertiary/aromatic N) is 1. The van der Waals surface area contributed by atoms with Crippen LogP contribution in [0.2, 0.25) is 0 Å². The van der Waals surface area contributed by atoms with Gasteiger partial charge in [-0.1, -0.05) is 45.0 Å². The fourth-order valence-electron chi connectivity index (χ4n) is 3.97. The highest BCUT2D eigenvalue weighted by molar-refractivity contribution is 5.77. The first-order chi connectivity index (χ1) is 14.0. The predicted molar refractivity (Wildman–Crippen MR) is 117 cm³/mol. The van der Waals surface area contributed by atoms with Gasteiger partial charge < -0.3 is 20.2 Å². The fraction of sp³-hybridized carbons (Fsp3) is 0.458. The van der Waals surface area contributed by atoms with Crippen LogP contribution in [-0.2, 0) is 11.2 Å². The van der Waals surface area contributed by atoms with E-state index in [-0.39, 0.29) is 11.9 Å². The van der Waals surface area contributed by atoms with Gasteiger partial charge in [0.05, 0.1) is 32.2 Å². The highest BCUT2D eigenvalue weighted by atomic mass is 16.3. The van der Waals surface area contributed by atoms with E-state index >= 15 is 0 Å². The van der Waals surface area contributed by atoms with E-state index in [1.165, 1.54) is 16.0 Å². The molecular formula is C24H34N3O2+. The number of piperazine rings is 1. The number of carbonyl (C=O) groups excluding carboxylic acids is 1. The Kier molecular flexibility index (Phi) is 7.15. The highest BCUT2D eigenvalue weighted by Gasteiger charge is 2.25. The molecule has 0 bridgehead atoms. The smallest absolute Gasteiger partial charge is 0.275 e. The van der Waals surface area contributed by atoms with Gasteiger partial charge in [-0.3, -0.25) is 4.79 Å². The van der Waals surface area contributed by atoms with Crippen molar-refractivity contribution in [2.24, 2.45) is 5.92 Å². The van der Waals surface area contributed by atoms with E-state index in [4.69, 9.17) is 0 Å². The van der Waals surface area contributed by atoms with Crippen molar-refractivity contribution in [3.63, 3.8) is 0 Å². The van der Waals surface area contributed by atoms with Gasteiger partial charge in [0.25, 0.3) is 5.91 Å². The molecule has 5 nitrogen and oxygen atoms in total. The summed E-state index contributed by atoms with van der Waals surface area (Å²) in [4.78, 5) is 16.4. The number of nitrogens with one attached hydrogen (secondary N) is 2. The molecule has 1 aliphatic rings. The number of phenols is 1. The number of quaternary nitrogens is 1. The lowest BCUT2D eigenvalue weighted by molar-refractivity contribution is -0.892. The first-order valence-electron chi connectivity index (χ1n) is 10.7. The summed E-state index contributed by atoms with van der Waals surface area (Å²) in [6, 6.07) is 16.0. The molecule has 0 radical (unpaired) electrons. The molecule has 5 heteroatoms. The van der Waals surface area contributed by atoms with Crippen molar-refractivity contribution in [3.8, 4) is 5.75 Å². The predicted octanol–water partition coefficient (Wildman–Crippen LogP) is 2.17. The lowest BCUT2D eigenvalue weighted by Gasteiger charge is -2.33. The minimum Gasteiger partial charge on any atom is -0.508 e. The maximum atomic E-state index is 12.7. The summed E-state index contributed by atoms with van der Waals surface area (Å²) >= 11 is 0. The number of phenolic OH excluding ortho intramolecular Hbond substituents is 1. The van der Waals surface area contributed by atoms with E-state index in [9.17, 15) is 9.90 Å². The van der Waals surface area contributed by atoms with Gasteiger partial charge in [0.2, 0.25) is 0 Å². The average Bonchev–Trinajstić information content (AvgIpc) is 2.73. The Morgan fingerprint density at radius 1 is 1.07 bits per heavy atom. The summed E-state index contributed by atoms with van der Waals surface area (Å²) < 4.78 is 0. The van der Waals surface area contributed by atoms with Crippen molar-refractivity contribution in [1.29, 1.82) is 0 Å². The van der Waals surface area contributed by atoms with Crippen LogP contribution in [0, 0.1) is 5.92 Å². The number of benzene rings is 2. The Labute approximate surface area is 174 Å². The Morgan fingerprint density at radius 2 is 1.69 bits per heavy atom. The SMILES string of the molecule is CCc1ccc([C@@H](NC(=O)C[NH+]2CCN(c3ccc(O)cc3)CC2)C(C)C)cc1. The second-order valence-electron chi connectivity index (χ2n) is 8.31. The summed E-state index contributed by atoms with van der Waals surface area (Å²) in [6.07, 6.45) is 1.03. The van der Waals surface area contributed by atoms with Crippen LogP contribution in [0.3, 0.4) is 0 Å². The van der Waals surface area contributed by atoms with Crippen LogP contribution in [0.25, 0.3) is 0 Å². The van der Waals surface area contributed by atoms with Crippen LogP contribution in [0.5, 0.6) is 5.75 Å². The molecule has 3 rings (SSSR count). The summed E-state index contributed by atoms with van der Waals surface area (Å²) in [6.45, 7) is 10.7. The maximum absolute atomic E-state index is 12.7. The van der Waals surface area contributed by atoms with E-state index in [0.29, 0.717) is 18.2 Å². The Balaban J connectivity index is 1.52. The molecule has 156 valence electrons. The number of aryl methyl sites for hydroxylation is 1. The summed E-state index contributed by atoms with van der Waals surface area (Å²) in [5.74, 6) is 0.753. The van der Waals surface area contributed by atoms with Crippen molar-refractivity contribution >= 4 is 11.6 Å². The van der Waals surface area contributed by atoms with Gasteiger partial charge in [0, 0.05) is 5.69 Å². The standard InChI is InChI=1S/C24H33N3O2/c1-4-19-5-7-20(8-6-19)24(18(2)3)25-23(29)17-26-13-15-27(16-14-26)21-9-11-22(28)12-10-21/h5-12,18,24,28H,4,13-17H2,1-3H3,(H,25,29)/p+1/t24-/m0/s1. The maximum Gasteiger partial charge on any atom is 0.275 e. The van der Waals surface area contributed by atoms with Crippen LogP contribution in [0.4, 0.5) is 5.69 Å². The second kappa shape index (κ2) is 9.79. The van der Waals surface area contributed by atoms with Gasteiger partial charge in [-0.05, 0) is 47.7 Å². The van der Waals surface area contributed by atoms with E-state index in [0.717, 1.165) is 38.3 Å². The van der Waals surface area contributed by atoms with E-state index < -0.39 is 0 Å². The molecular weight excluding hydrogens is 362 g/mol. The van der Waals surface area contributed by atoms with Crippen molar-refractivity contribution in [2.75, 3.05) is 37.6 Å².